The van der Waals surface area contributed by atoms with Crippen molar-refractivity contribution < 1.29 is 5.11 Å². The molecule has 38 valence electrons. The molecule has 0 unspecified atom stereocenters. The Bertz CT molecular complexity index is 126. The molecule has 0 saturated carbocycles. The highest BCUT2D eigenvalue weighted by atomic mass is 16.3. The summed E-state index contributed by atoms with van der Waals surface area (Å²) in [6, 6.07) is 1.79. The van der Waals surface area contributed by atoms with Crippen molar-refractivity contribution in [1.29, 1.82) is 5.26 Å². The van der Waals surface area contributed by atoms with Gasteiger partial charge in [-0.25, -0.2) is 0 Å². The SMILES string of the molecule is C/C(O)=C(\C)C#N. The van der Waals surface area contributed by atoms with E-state index in [0.29, 0.717) is 5.57 Å². The minimum atomic E-state index is 0.0995. The fraction of sp³-hybridized carbons (Fsp3) is 0.400. The lowest BCUT2D eigenvalue weighted by Gasteiger charge is -1.84. The van der Waals surface area contributed by atoms with E-state index in [-0.39, 0.29) is 5.76 Å². The van der Waals surface area contributed by atoms with Crippen molar-refractivity contribution in [3.63, 3.8) is 0 Å². The summed E-state index contributed by atoms with van der Waals surface area (Å²) in [4.78, 5) is 0. The molecule has 0 rings (SSSR count). The van der Waals surface area contributed by atoms with Crippen LogP contribution >= 0.6 is 0 Å². The molecule has 0 aromatic heterocycles. The normalized spacial score (nSPS) is 12.1. The van der Waals surface area contributed by atoms with Gasteiger partial charge in [0.2, 0.25) is 0 Å². The van der Waals surface area contributed by atoms with Gasteiger partial charge < -0.3 is 5.11 Å². The maximum absolute atomic E-state index is 8.48. The number of aliphatic hydroxyl groups is 1. The van der Waals surface area contributed by atoms with Crippen LogP contribution in [0.25, 0.3) is 0 Å². The first kappa shape index (κ1) is 6.03. The second-order valence-corrected chi connectivity index (χ2v) is 1.32. The summed E-state index contributed by atoms with van der Waals surface area (Å²) in [5, 5.41) is 16.5. The Morgan fingerprint density at radius 1 is 1.57 bits per heavy atom. The van der Waals surface area contributed by atoms with Gasteiger partial charge in [0.15, 0.2) is 0 Å². The van der Waals surface area contributed by atoms with E-state index in [9.17, 15) is 0 Å². The van der Waals surface area contributed by atoms with Gasteiger partial charge in [0, 0.05) is 0 Å². The third-order valence-electron chi connectivity index (χ3n) is 0.710. The maximum Gasteiger partial charge on any atom is 0.102 e. The predicted molar refractivity (Wildman–Crippen MR) is 26.6 cm³/mol. The van der Waals surface area contributed by atoms with Crippen LogP contribution in [-0.4, -0.2) is 5.11 Å². The summed E-state index contributed by atoms with van der Waals surface area (Å²) in [5.41, 5.74) is 0.375. The minimum absolute atomic E-state index is 0.0995. The molecule has 0 radical (unpaired) electrons. The first-order chi connectivity index (χ1) is 3.18. The van der Waals surface area contributed by atoms with Gasteiger partial charge in [0.25, 0.3) is 0 Å². The summed E-state index contributed by atoms with van der Waals surface area (Å²) in [5.74, 6) is 0.0995. The van der Waals surface area contributed by atoms with Crippen LogP contribution in [0.1, 0.15) is 13.8 Å². The van der Waals surface area contributed by atoms with E-state index in [1.807, 2.05) is 0 Å². The van der Waals surface area contributed by atoms with E-state index < -0.39 is 0 Å². The first-order valence-corrected chi connectivity index (χ1v) is 1.95. The van der Waals surface area contributed by atoms with Gasteiger partial charge in [0.1, 0.15) is 5.76 Å². The highest BCUT2D eigenvalue weighted by molar-refractivity contribution is 5.19. The van der Waals surface area contributed by atoms with Gasteiger partial charge in [-0.05, 0) is 13.8 Å². The van der Waals surface area contributed by atoms with E-state index in [1.165, 1.54) is 6.92 Å². The monoisotopic (exact) mass is 97.1 g/mol. The van der Waals surface area contributed by atoms with Crippen LogP contribution in [0.3, 0.4) is 0 Å². The average molecular weight is 97.1 g/mol. The van der Waals surface area contributed by atoms with Crippen molar-refractivity contribution >= 4 is 0 Å². The lowest BCUT2D eigenvalue weighted by Crippen LogP contribution is -1.74. The summed E-state index contributed by atoms with van der Waals surface area (Å²) in [7, 11) is 0. The molecule has 2 nitrogen and oxygen atoms in total. The maximum atomic E-state index is 8.48. The predicted octanol–water partition coefficient (Wildman–Crippen LogP) is 1.36. The van der Waals surface area contributed by atoms with Crippen molar-refractivity contribution in [2.75, 3.05) is 0 Å². The zero-order valence-electron chi connectivity index (χ0n) is 4.39. The summed E-state index contributed by atoms with van der Waals surface area (Å²) >= 11 is 0. The Morgan fingerprint density at radius 2 is 2.00 bits per heavy atom. The Balaban J connectivity index is 4.07. The van der Waals surface area contributed by atoms with E-state index in [1.54, 1.807) is 13.0 Å². The Hall–Kier alpha value is -0.970. The highest BCUT2D eigenvalue weighted by Gasteiger charge is 1.86. The summed E-state index contributed by atoms with van der Waals surface area (Å²) in [6.45, 7) is 3.05. The molecule has 0 aliphatic heterocycles. The molecule has 0 atom stereocenters. The van der Waals surface area contributed by atoms with Gasteiger partial charge in [-0.1, -0.05) is 0 Å². The Kier molecular flexibility index (Phi) is 1.94. The number of aliphatic hydroxyl groups excluding tert-OH is 1. The fourth-order valence-electron chi connectivity index (χ4n) is 0.0809. The average Bonchev–Trinajstić information content (AvgIpc) is 1.65. The molecule has 0 amide bonds. The summed E-state index contributed by atoms with van der Waals surface area (Å²) in [6.07, 6.45) is 0. The fourth-order valence-corrected chi connectivity index (χ4v) is 0.0809. The number of hydrogen-bond acceptors (Lipinski definition) is 2. The molecule has 0 saturated heterocycles. The van der Waals surface area contributed by atoms with Crippen molar-refractivity contribution in [3.8, 4) is 6.07 Å². The topological polar surface area (TPSA) is 44.0 Å². The van der Waals surface area contributed by atoms with Crippen LogP contribution < -0.4 is 0 Å². The number of hydrogen-bond donors (Lipinski definition) is 1. The molecule has 0 aromatic carbocycles. The quantitative estimate of drug-likeness (QED) is 0.366. The highest BCUT2D eigenvalue weighted by Crippen LogP contribution is 1.94. The standard InChI is InChI=1S/C5H7NO/c1-4(3-6)5(2)7/h7H,1-2H3/b5-4-. The van der Waals surface area contributed by atoms with Gasteiger partial charge >= 0.3 is 0 Å². The zero-order chi connectivity index (χ0) is 5.86. The molecule has 0 spiro atoms. The molecular weight excluding hydrogens is 90.1 g/mol. The second-order valence-electron chi connectivity index (χ2n) is 1.32. The number of allylic oxidation sites excluding steroid dienone is 2. The van der Waals surface area contributed by atoms with Crippen molar-refractivity contribution in [2.45, 2.75) is 13.8 Å². The molecule has 0 fully saturated rings. The largest absolute Gasteiger partial charge is 0.512 e. The Labute approximate surface area is 42.7 Å². The molecule has 0 heterocycles. The van der Waals surface area contributed by atoms with Gasteiger partial charge in [-0.3, -0.25) is 0 Å². The third-order valence-corrected chi connectivity index (χ3v) is 0.710. The third kappa shape index (κ3) is 1.83. The van der Waals surface area contributed by atoms with Crippen LogP contribution in [0.2, 0.25) is 0 Å². The number of rotatable bonds is 0. The molecule has 1 N–H and O–H groups in total. The van der Waals surface area contributed by atoms with E-state index in [2.05, 4.69) is 0 Å². The van der Waals surface area contributed by atoms with E-state index >= 15 is 0 Å². The second kappa shape index (κ2) is 2.25. The van der Waals surface area contributed by atoms with Crippen LogP contribution in [0.15, 0.2) is 11.3 Å². The molecule has 0 aliphatic rings. The molecule has 0 bridgehead atoms. The van der Waals surface area contributed by atoms with Crippen molar-refractivity contribution in [2.24, 2.45) is 0 Å². The Morgan fingerprint density at radius 3 is 2.00 bits per heavy atom. The zero-order valence-corrected chi connectivity index (χ0v) is 4.39. The first-order valence-electron chi connectivity index (χ1n) is 1.95. The number of nitrogens with zero attached hydrogens (tertiary/aromatic N) is 1. The van der Waals surface area contributed by atoms with Gasteiger partial charge in [0.05, 0.1) is 11.6 Å². The van der Waals surface area contributed by atoms with Crippen LogP contribution in [-0.2, 0) is 0 Å². The van der Waals surface area contributed by atoms with E-state index in [0.717, 1.165) is 0 Å². The van der Waals surface area contributed by atoms with Crippen molar-refractivity contribution in [3.05, 3.63) is 11.3 Å². The van der Waals surface area contributed by atoms with Crippen LogP contribution in [0, 0.1) is 11.3 Å². The van der Waals surface area contributed by atoms with Crippen LogP contribution in [0.4, 0.5) is 0 Å². The molecule has 2 heteroatoms. The lowest BCUT2D eigenvalue weighted by molar-refractivity contribution is 0.409. The molecule has 0 aliphatic carbocycles. The molecular formula is C5H7NO. The van der Waals surface area contributed by atoms with Gasteiger partial charge in [-0.2, -0.15) is 5.26 Å². The van der Waals surface area contributed by atoms with Gasteiger partial charge in [-0.15, -0.1) is 0 Å². The smallest absolute Gasteiger partial charge is 0.102 e. The lowest BCUT2D eigenvalue weighted by atomic mass is 10.3. The molecule has 0 aromatic rings. The number of nitriles is 1. The van der Waals surface area contributed by atoms with E-state index in [4.69, 9.17) is 10.4 Å². The minimum Gasteiger partial charge on any atom is -0.512 e. The molecule has 7 heavy (non-hydrogen) atoms. The van der Waals surface area contributed by atoms with Crippen molar-refractivity contribution in [1.82, 2.24) is 0 Å². The van der Waals surface area contributed by atoms with Crippen LogP contribution in [0.5, 0.6) is 0 Å². The summed E-state index contributed by atoms with van der Waals surface area (Å²) < 4.78 is 0.